The normalized spacial score (nSPS) is 27.7. The zero-order valence-corrected chi connectivity index (χ0v) is 17.0. The Balaban J connectivity index is 1.48. The molecule has 30 heavy (non-hydrogen) atoms. The van der Waals surface area contributed by atoms with Gasteiger partial charge >= 0.3 is 0 Å². The lowest BCUT2D eigenvalue weighted by molar-refractivity contribution is -0.151. The summed E-state index contributed by atoms with van der Waals surface area (Å²) in [5, 5.41) is 12.7. The van der Waals surface area contributed by atoms with Crippen LogP contribution in [0, 0.1) is 0 Å². The molecule has 164 valence electrons. The van der Waals surface area contributed by atoms with Crippen LogP contribution in [0.2, 0.25) is 0 Å². The summed E-state index contributed by atoms with van der Waals surface area (Å²) in [6.45, 7) is 2.09. The SMILES string of the molecule is COCC(=O)Nc1ccc2c(c1)[C@H]1C[C@H](CC(=O)N3CCOCC3)O[C@@H](CO)[C@H]1O2. The van der Waals surface area contributed by atoms with Crippen LogP contribution in [0.4, 0.5) is 5.69 Å². The highest BCUT2D eigenvalue weighted by Gasteiger charge is 2.46. The Morgan fingerprint density at radius 1 is 1.30 bits per heavy atom. The van der Waals surface area contributed by atoms with E-state index in [9.17, 15) is 14.7 Å². The Morgan fingerprint density at radius 2 is 2.10 bits per heavy atom. The first-order valence-electron chi connectivity index (χ1n) is 10.3. The van der Waals surface area contributed by atoms with Gasteiger partial charge in [-0.1, -0.05) is 0 Å². The van der Waals surface area contributed by atoms with Crippen LogP contribution in [0.15, 0.2) is 18.2 Å². The number of fused-ring (bicyclic) bond motifs is 3. The fourth-order valence-corrected chi connectivity index (χ4v) is 4.43. The van der Waals surface area contributed by atoms with Crippen molar-refractivity contribution in [1.29, 1.82) is 0 Å². The van der Waals surface area contributed by atoms with E-state index < -0.39 is 6.10 Å². The van der Waals surface area contributed by atoms with E-state index >= 15 is 0 Å². The highest BCUT2D eigenvalue weighted by atomic mass is 16.6. The molecule has 1 aromatic carbocycles. The first kappa shape index (κ1) is 21.0. The number of nitrogens with one attached hydrogen (secondary N) is 1. The van der Waals surface area contributed by atoms with Crippen molar-refractivity contribution in [3.8, 4) is 5.75 Å². The number of hydrogen-bond acceptors (Lipinski definition) is 7. The fourth-order valence-electron chi connectivity index (χ4n) is 4.43. The smallest absolute Gasteiger partial charge is 0.250 e. The molecule has 9 nitrogen and oxygen atoms in total. The molecule has 2 amide bonds. The standard InChI is InChI=1S/C21H28N2O7/c1-27-12-19(25)22-13-2-3-17-15(8-13)16-9-14(29-18(11-24)21(16)30-17)10-20(26)23-4-6-28-7-5-23/h2-3,8,14,16,18,21,24H,4-7,9-12H2,1H3,(H,22,25)/t14-,16-,18+,21+/m1/s1. The molecule has 2 saturated heterocycles. The number of morpholine rings is 1. The highest BCUT2D eigenvalue weighted by molar-refractivity contribution is 5.92. The minimum absolute atomic E-state index is 0.0207. The first-order chi connectivity index (χ1) is 14.6. The average Bonchev–Trinajstić information content (AvgIpc) is 3.12. The van der Waals surface area contributed by atoms with Gasteiger partial charge in [-0.05, 0) is 24.6 Å². The van der Waals surface area contributed by atoms with Crippen molar-refractivity contribution in [3.63, 3.8) is 0 Å². The van der Waals surface area contributed by atoms with Crippen molar-refractivity contribution in [2.75, 3.05) is 51.9 Å². The molecule has 0 saturated carbocycles. The molecule has 2 fully saturated rings. The van der Waals surface area contributed by atoms with E-state index in [0.717, 1.165) is 11.3 Å². The Bertz CT molecular complexity index is 781. The minimum Gasteiger partial charge on any atom is -0.487 e. The molecule has 3 heterocycles. The van der Waals surface area contributed by atoms with Crippen molar-refractivity contribution >= 4 is 17.5 Å². The second-order valence-electron chi connectivity index (χ2n) is 7.83. The number of amides is 2. The van der Waals surface area contributed by atoms with Gasteiger partial charge in [0.1, 0.15) is 24.6 Å². The second-order valence-corrected chi connectivity index (χ2v) is 7.83. The van der Waals surface area contributed by atoms with Gasteiger partial charge in [-0.2, -0.15) is 0 Å². The maximum absolute atomic E-state index is 12.7. The lowest BCUT2D eigenvalue weighted by atomic mass is 9.84. The van der Waals surface area contributed by atoms with E-state index in [-0.39, 0.29) is 49.6 Å². The van der Waals surface area contributed by atoms with Crippen molar-refractivity contribution in [3.05, 3.63) is 23.8 Å². The third kappa shape index (κ3) is 4.44. The Labute approximate surface area is 175 Å². The van der Waals surface area contributed by atoms with Gasteiger partial charge in [0.25, 0.3) is 0 Å². The first-order valence-corrected chi connectivity index (χ1v) is 10.3. The molecule has 3 aliphatic rings. The van der Waals surface area contributed by atoms with Gasteiger partial charge in [0.15, 0.2) is 0 Å². The molecular formula is C21H28N2O7. The highest BCUT2D eigenvalue weighted by Crippen LogP contribution is 2.47. The number of ether oxygens (including phenoxy) is 4. The minimum atomic E-state index is -0.509. The van der Waals surface area contributed by atoms with Crippen LogP contribution in [-0.2, 0) is 23.8 Å². The second kappa shape index (κ2) is 9.30. The Hall–Kier alpha value is -2.20. The van der Waals surface area contributed by atoms with Gasteiger partial charge in [0, 0.05) is 37.4 Å². The number of rotatable bonds is 6. The van der Waals surface area contributed by atoms with Gasteiger partial charge in [0.05, 0.1) is 32.3 Å². The van der Waals surface area contributed by atoms with Crippen molar-refractivity contribution in [2.45, 2.75) is 37.1 Å². The summed E-state index contributed by atoms with van der Waals surface area (Å²) in [4.78, 5) is 26.3. The van der Waals surface area contributed by atoms with Crippen molar-refractivity contribution < 1.29 is 33.6 Å². The van der Waals surface area contributed by atoms with E-state index in [4.69, 9.17) is 18.9 Å². The van der Waals surface area contributed by atoms with E-state index in [1.54, 1.807) is 11.0 Å². The zero-order valence-electron chi connectivity index (χ0n) is 17.0. The number of benzene rings is 1. The predicted octanol–water partition coefficient (Wildman–Crippen LogP) is 0.515. The van der Waals surface area contributed by atoms with Gasteiger partial charge < -0.3 is 34.3 Å². The number of carbonyl (C=O) groups is 2. The third-order valence-electron chi connectivity index (χ3n) is 5.82. The molecule has 0 unspecified atom stereocenters. The maximum Gasteiger partial charge on any atom is 0.250 e. The Kier molecular flexibility index (Phi) is 6.52. The summed E-state index contributed by atoms with van der Waals surface area (Å²) in [6, 6.07) is 5.49. The molecule has 0 radical (unpaired) electrons. The van der Waals surface area contributed by atoms with Crippen LogP contribution in [0.3, 0.4) is 0 Å². The molecule has 4 rings (SSSR count). The molecule has 0 bridgehead atoms. The number of anilines is 1. The largest absolute Gasteiger partial charge is 0.487 e. The zero-order chi connectivity index (χ0) is 21.1. The molecule has 9 heteroatoms. The van der Waals surface area contributed by atoms with Crippen LogP contribution >= 0.6 is 0 Å². The maximum atomic E-state index is 12.7. The van der Waals surface area contributed by atoms with Gasteiger partial charge in [-0.3, -0.25) is 9.59 Å². The summed E-state index contributed by atoms with van der Waals surface area (Å²) in [5.41, 5.74) is 1.62. The van der Waals surface area contributed by atoms with E-state index in [2.05, 4.69) is 5.32 Å². The number of methoxy groups -OCH3 is 1. The monoisotopic (exact) mass is 420 g/mol. The van der Waals surface area contributed by atoms with Crippen LogP contribution in [0.25, 0.3) is 0 Å². The molecule has 2 N–H and O–H groups in total. The van der Waals surface area contributed by atoms with Crippen molar-refractivity contribution in [2.24, 2.45) is 0 Å². The summed E-state index contributed by atoms with van der Waals surface area (Å²) >= 11 is 0. The van der Waals surface area contributed by atoms with Gasteiger partial charge in [0.2, 0.25) is 11.8 Å². The molecule has 0 aromatic heterocycles. The van der Waals surface area contributed by atoms with Gasteiger partial charge in [-0.25, -0.2) is 0 Å². The van der Waals surface area contributed by atoms with Crippen LogP contribution in [0.1, 0.15) is 24.3 Å². The topological polar surface area (TPSA) is 107 Å². The predicted molar refractivity (Wildman–Crippen MR) is 106 cm³/mol. The molecular weight excluding hydrogens is 392 g/mol. The number of aliphatic hydroxyl groups is 1. The summed E-state index contributed by atoms with van der Waals surface area (Å²) < 4.78 is 22.3. The van der Waals surface area contributed by atoms with E-state index in [0.29, 0.717) is 38.4 Å². The van der Waals surface area contributed by atoms with Crippen LogP contribution < -0.4 is 10.1 Å². The number of aliphatic hydroxyl groups excluding tert-OH is 1. The molecule has 4 atom stereocenters. The number of nitrogens with zero attached hydrogens (tertiary/aromatic N) is 1. The molecule has 3 aliphatic heterocycles. The number of carbonyl (C=O) groups excluding carboxylic acids is 2. The van der Waals surface area contributed by atoms with Crippen LogP contribution in [0.5, 0.6) is 5.75 Å². The quantitative estimate of drug-likeness (QED) is 0.691. The summed E-state index contributed by atoms with van der Waals surface area (Å²) in [5.74, 6) is 0.505. The van der Waals surface area contributed by atoms with Crippen molar-refractivity contribution in [1.82, 2.24) is 4.90 Å². The van der Waals surface area contributed by atoms with Crippen LogP contribution in [-0.4, -0.2) is 86.8 Å². The third-order valence-corrected chi connectivity index (χ3v) is 5.82. The molecule has 0 spiro atoms. The molecule has 0 aliphatic carbocycles. The van der Waals surface area contributed by atoms with Gasteiger partial charge in [-0.15, -0.1) is 0 Å². The Morgan fingerprint density at radius 3 is 2.83 bits per heavy atom. The summed E-state index contributed by atoms with van der Waals surface area (Å²) in [7, 11) is 1.47. The lowest BCUT2D eigenvalue weighted by Gasteiger charge is -2.38. The average molecular weight is 420 g/mol. The lowest BCUT2D eigenvalue weighted by Crippen LogP contribution is -2.48. The number of hydrogen-bond donors (Lipinski definition) is 2. The summed E-state index contributed by atoms with van der Waals surface area (Å²) in [6.07, 6.45) is -0.256. The fraction of sp³-hybridized carbons (Fsp3) is 0.619. The van der Waals surface area contributed by atoms with E-state index in [1.165, 1.54) is 7.11 Å². The van der Waals surface area contributed by atoms with E-state index in [1.807, 2.05) is 12.1 Å². The molecule has 1 aromatic rings.